The summed E-state index contributed by atoms with van der Waals surface area (Å²) in [6, 6.07) is 26.0. The Morgan fingerprint density at radius 3 is 2.54 bits per heavy atom. The van der Waals surface area contributed by atoms with Gasteiger partial charge < -0.3 is 14.8 Å². The number of benzene rings is 3. The summed E-state index contributed by atoms with van der Waals surface area (Å²) in [5.74, 6) is 2.30. The van der Waals surface area contributed by atoms with Crippen LogP contribution >= 0.6 is 11.8 Å². The van der Waals surface area contributed by atoms with Crippen LogP contribution in [-0.2, 0) is 11.2 Å². The molecule has 8 heteroatoms. The number of para-hydroxylation sites is 1. The zero-order valence-electron chi connectivity index (χ0n) is 19.4. The number of amides is 1. The van der Waals surface area contributed by atoms with Crippen LogP contribution in [0.4, 0.5) is 0 Å². The third-order valence-electron chi connectivity index (χ3n) is 5.73. The van der Waals surface area contributed by atoms with Gasteiger partial charge in [0.25, 0.3) is 0 Å². The Balaban J connectivity index is 1.28. The summed E-state index contributed by atoms with van der Waals surface area (Å²) in [6.07, 6.45) is 1.81. The fraction of sp³-hybridized carbons (Fsp3) is 0.222. The van der Waals surface area contributed by atoms with Crippen molar-refractivity contribution in [1.82, 2.24) is 20.1 Å². The maximum absolute atomic E-state index is 12.7. The zero-order valence-corrected chi connectivity index (χ0v) is 20.2. The number of hydrogen-bond donors (Lipinski definition) is 1. The van der Waals surface area contributed by atoms with Crippen LogP contribution in [-0.4, -0.2) is 39.3 Å². The van der Waals surface area contributed by atoms with Gasteiger partial charge in [-0.05, 0) is 55.7 Å². The van der Waals surface area contributed by atoms with Gasteiger partial charge in [-0.1, -0.05) is 60.3 Å². The second-order valence-electron chi connectivity index (χ2n) is 8.33. The summed E-state index contributed by atoms with van der Waals surface area (Å²) in [6.45, 7) is 2.25. The van der Waals surface area contributed by atoms with Crippen LogP contribution in [0.3, 0.4) is 0 Å². The van der Waals surface area contributed by atoms with Crippen LogP contribution in [0, 0.1) is 0 Å². The van der Waals surface area contributed by atoms with Crippen LogP contribution in [0.5, 0.6) is 11.5 Å². The minimum atomic E-state index is -0.0252. The molecule has 1 atom stereocenters. The molecule has 0 aliphatic carbocycles. The van der Waals surface area contributed by atoms with Gasteiger partial charge in [-0.2, -0.15) is 0 Å². The van der Waals surface area contributed by atoms with E-state index in [1.54, 1.807) is 0 Å². The lowest BCUT2D eigenvalue weighted by atomic mass is 10.1. The Bertz CT molecular complexity index is 1290. The standard InChI is InChI=1S/C27H26N4O3S/c1-19(12-13-20-8-4-2-5-9-20)28-25(32)17-35-27-30-29-26(31(27)22-10-6-3-7-11-22)21-14-15-23-24(16-21)34-18-33-23/h2-11,14-16,19H,12-13,17-18H2,1H3,(H,28,32). The summed E-state index contributed by atoms with van der Waals surface area (Å²) in [5, 5.41) is 12.6. The lowest BCUT2D eigenvalue weighted by molar-refractivity contribution is -0.119. The molecule has 5 rings (SSSR count). The third kappa shape index (κ3) is 5.49. The number of thioether (sulfide) groups is 1. The van der Waals surface area contributed by atoms with Gasteiger partial charge in [0.15, 0.2) is 22.5 Å². The predicted molar refractivity (Wildman–Crippen MR) is 136 cm³/mol. The molecule has 1 aliphatic rings. The number of nitrogens with zero attached hydrogens (tertiary/aromatic N) is 3. The Morgan fingerprint density at radius 2 is 1.74 bits per heavy atom. The number of carbonyl (C=O) groups is 1. The van der Waals surface area contributed by atoms with Gasteiger partial charge in [-0.3, -0.25) is 9.36 Å². The molecule has 0 radical (unpaired) electrons. The third-order valence-corrected chi connectivity index (χ3v) is 6.66. The number of fused-ring (bicyclic) bond motifs is 1. The summed E-state index contributed by atoms with van der Waals surface area (Å²) < 4.78 is 12.9. The minimum absolute atomic E-state index is 0.0252. The first-order valence-corrected chi connectivity index (χ1v) is 12.5. The van der Waals surface area contributed by atoms with Crippen LogP contribution < -0.4 is 14.8 Å². The number of aromatic nitrogens is 3. The molecule has 178 valence electrons. The van der Waals surface area contributed by atoms with Crippen LogP contribution in [0.15, 0.2) is 84.0 Å². The van der Waals surface area contributed by atoms with Crippen molar-refractivity contribution in [1.29, 1.82) is 0 Å². The largest absolute Gasteiger partial charge is 0.454 e. The highest BCUT2D eigenvalue weighted by atomic mass is 32.2. The maximum atomic E-state index is 12.7. The molecule has 3 aromatic carbocycles. The van der Waals surface area contributed by atoms with Crippen molar-refractivity contribution in [3.05, 3.63) is 84.4 Å². The molecule has 1 aromatic heterocycles. The Labute approximate surface area is 208 Å². The van der Waals surface area contributed by atoms with Crippen molar-refractivity contribution in [3.63, 3.8) is 0 Å². The normalized spacial score (nSPS) is 12.9. The van der Waals surface area contributed by atoms with E-state index in [0.29, 0.717) is 22.5 Å². The number of hydrogen-bond acceptors (Lipinski definition) is 6. The van der Waals surface area contributed by atoms with Crippen molar-refractivity contribution in [2.24, 2.45) is 0 Å². The van der Waals surface area contributed by atoms with Crippen molar-refractivity contribution < 1.29 is 14.3 Å². The van der Waals surface area contributed by atoms with E-state index in [0.717, 1.165) is 24.1 Å². The quantitative estimate of drug-likeness (QED) is 0.339. The lowest BCUT2D eigenvalue weighted by Gasteiger charge is -2.14. The molecule has 0 saturated heterocycles. The highest BCUT2D eigenvalue weighted by Crippen LogP contribution is 2.37. The monoisotopic (exact) mass is 486 g/mol. The molecule has 0 fully saturated rings. The molecule has 0 bridgehead atoms. The topological polar surface area (TPSA) is 78.3 Å². The smallest absolute Gasteiger partial charge is 0.231 e. The van der Waals surface area contributed by atoms with Crippen molar-refractivity contribution in [3.8, 4) is 28.6 Å². The molecule has 1 amide bonds. The molecule has 1 aliphatic heterocycles. The summed E-state index contributed by atoms with van der Waals surface area (Å²) in [5.41, 5.74) is 3.05. The molecule has 1 N–H and O–H groups in total. The van der Waals surface area contributed by atoms with E-state index >= 15 is 0 Å². The second-order valence-corrected chi connectivity index (χ2v) is 9.27. The molecular formula is C27H26N4O3S. The maximum Gasteiger partial charge on any atom is 0.231 e. The van der Waals surface area contributed by atoms with E-state index in [9.17, 15) is 4.79 Å². The average Bonchev–Trinajstić information content (AvgIpc) is 3.54. The van der Waals surface area contributed by atoms with E-state index in [-0.39, 0.29) is 24.5 Å². The first-order chi connectivity index (χ1) is 17.2. The van der Waals surface area contributed by atoms with Crippen molar-refractivity contribution in [2.75, 3.05) is 12.5 Å². The highest BCUT2D eigenvalue weighted by molar-refractivity contribution is 7.99. The molecule has 1 unspecified atom stereocenters. The van der Waals surface area contributed by atoms with Gasteiger partial charge in [0.05, 0.1) is 5.75 Å². The van der Waals surface area contributed by atoms with Gasteiger partial charge in [0.2, 0.25) is 12.7 Å². The van der Waals surface area contributed by atoms with Crippen LogP contribution in [0.1, 0.15) is 18.9 Å². The molecule has 4 aromatic rings. The molecular weight excluding hydrogens is 460 g/mol. The number of nitrogens with one attached hydrogen (secondary N) is 1. The van der Waals surface area contributed by atoms with E-state index in [4.69, 9.17) is 9.47 Å². The summed E-state index contributed by atoms with van der Waals surface area (Å²) in [7, 11) is 0. The van der Waals surface area contributed by atoms with Crippen LogP contribution in [0.2, 0.25) is 0 Å². The zero-order chi connectivity index (χ0) is 24.0. The Kier molecular flexibility index (Phi) is 6.99. The molecule has 35 heavy (non-hydrogen) atoms. The molecule has 2 heterocycles. The van der Waals surface area contributed by atoms with E-state index in [1.807, 2.05) is 78.2 Å². The van der Waals surface area contributed by atoms with Crippen molar-refractivity contribution >= 4 is 17.7 Å². The Hall–Kier alpha value is -3.78. The number of rotatable bonds is 9. The number of aryl methyl sites for hydroxylation is 1. The van der Waals surface area contributed by atoms with E-state index in [1.165, 1.54) is 17.3 Å². The highest BCUT2D eigenvalue weighted by Gasteiger charge is 2.20. The average molecular weight is 487 g/mol. The lowest BCUT2D eigenvalue weighted by Crippen LogP contribution is -2.34. The van der Waals surface area contributed by atoms with Gasteiger partial charge >= 0.3 is 0 Å². The first kappa shape index (κ1) is 23.0. The first-order valence-electron chi connectivity index (χ1n) is 11.5. The second kappa shape index (κ2) is 10.7. The van der Waals surface area contributed by atoms with Gasteiger partial charge in [-0.25, -0.2) is 0 Å². The SMILES string of the molecule is CC(CCc1ccccc1)NC(=O)CSc1nnc(-c2ccc3c(c2)OCO3)n1-c1ccccc1. The summed E-state index contributed by atoms with van der Waals surface area (Å²) >= 11 is 1.37. The van der Waals surface area contributed by atoms with E-state index in [2.05, 4.69) is 27.6 Å². The number of ether oxygens (including phenoxy) is 2. The molecule has 0 saturated carbocycles. The van der Waals surface area contributed by atoms with Crippen LogP contribution in [0.25, 0.3) is 17.1 Å². The fourth-order valence-corrected chi connectivity index (χ4v) is 4.71. The van der Waals surface area contributed by atoms with Gasteiger partial charge in [0, 0.05) is 17.3 Å². The number of carbonyl (C=O) groups excluding carboxylic acids is 1. The van der Waals surface area contributed by atoms with E-state index < -0.39 is 0 Å². The fourth-order valence-electron chi connectivity index (χ4n) is 3.94. The van der Waals surface area contributed by atoms with Gasteiger partial charge in [-0.15, -0.1) is 10.2 Å². The molecule has 7 nitrogen and oxygen atoms in total. The minimum Gasteiger partial charge on any atom is -0.454 e. The van der Waals surface area contributed by atoms with Crippen molar-refractivity contribution in [2.45, 2.75) is 31.0 Å². The molecule has 0 spiro atoms. The predicted octanol–water partition coefficient (Wildman–Crippen LogP) is 4.89. The summed E-state index contributed by atoms with van der Waals surface area (Å²) in [4.78, 5) is 12.7. The van der Waals surface area contributed by atoms with Gasteiger partial charge in [0.1, 0.15) is 0 Å². The Morgan fingerprint density at radius 1 is 1.00 bits per heavy atom.